The molecular formula is C24H19Cl2NO4. The van der Waals surface area contributed by atoms with Gasteiger partial charge in [0.15, 0.2) is 0 Å². The lowest BCUT2D eigenvalue weighted by Crippen LogP contribution is -2.35. The predicted molar refractivity (Wildman–Crippen MR) is 119 cm³/mol. The molecule has 158 valence electrons. The van der Waals surface area contributed by atoms with Gasteiger partial charge in [0, 0.05) is 11.6 Å². The highest BCUT2D eigenvalue weighted by Crippen LogP contribution is 2.33. The third kappa shape index (κ3) is 4.30. The molecule has 1 heterocycles. The topological polar surface area (TPSA) is 66.8 Å². The first-order chi connectivity index (χ1) is 14.8. The number of hydrogen-bond donors (Lipinski definition) is 1. The number of imide groups is 1. The molecule has 0 saturated carbocycles. The Labute approximate surface area is 189 Å². The maximum absolute atomic E-state index is 12.5. The fraction of sp³-hybridized carbons (Fsp3) is 0.167. The lowest BCUT2D eigenvalue weighted by molar-refractivity contribution is 0.0339. The summed E-state index contributed by atoms with van der Waals surface area (Å²) in [5.74, 6) is 0.348. The summed E-state index contributed by atoms with van der Waals surface area (Å²) in [6.07, 6.45) is 0.196. The Hall–Kier alpha value is -2.86. The molecule has 1 unspecified atom stereocenters. The van der Waals surface area contributed by atoms with E-state index in [1.807, 2.05) is 0 Å². The summed E-state index contributed by atoms with van der Waals surface area (Å²) in [5.41, 5.74) is 0.189. The molecule has 3 aromatic carbocycles. The van der Waals surface area contributed by atoms with Crippen LogP contribution in [-0.2, 0) is 5.60 Å². The molecule has 0 radical (unpaired) electrons. The maximum Gasteiger partial charge on any atom is 0.261 e. The van der Waals surface area contributed by atoms with Crippen molar-refractivity contribution in [3.05, 3.63) is 93.5 Å². The van der Waals surface area contributed by atoms with Crippen molar-refractivity contribution in [3.63, 3.8) is 0 Å². The van der Waals surface area contributed by atoms with Gasteiger partial charge < -0.3 is 9.84 Å². The van der Waals surface area contributed by atoms with Gasteiger partial charge in [-0.3, -0.25) is 14.5 Å². The van der Waals surface area contributed by atoms with Crippen molar-refractivity contribution < 1.29 is 19.4 Å². The third-order valence-electron chi connectivity index (χ3n) is 5.30. The molecule has 31 heavy (non-hydrogen) atoms. The van der Waals surface area contributed by atoms with Gasteiger partial charge in [0.2, 0.25) is 0 Å². The van der Waals surface area contributed by atoms with Crippen molar-refractivity contribution in [2.24, 2.45) is 0 Å². The molecule has 3 aromatic rings. The summed E-state index contributed by atoms with van der Waals surface area (Å²) in [6.45, 7) is 1.76. The van der Waals surface area contributed by atoms with Crippen LogP contribution in [0, 0.1) is 0 Å². The second-order valence-corrected chi connectivity index (χ2v) is 8.38. The molecule has 0 aliphatic carbocycles. The van der Waals surface area contributed by atoms with E-state index in [2.05, 4.69) is 0 Å². The van der Waals surface area contributed by atoms with Gasteiger partial charge in [0.1, 0.15) is 11.5 Å². The van der Waals surface area contributed by atoms with Gasteiger partial charge in [0.05, 0.1) is 21.8 Å². The van der Waals surface area contributed by atoms with E-state index < -0.39 is 5.60 Å². The molecule has 0 aromatic heterocycles. The number of carbonyl (C=O) groups is 2. The number of amides is 2. The maximum atomic E-state index is 12.5. The zero-order chi connectivity index (χ0) is 22.2. The standard InChI is InChI=1S/C24H19Cl2NO4/c1-24(30,12-13-27-22(28)18-4-2-3-5-19(18)23(27)29)15-6-9-17(10-7-15)31-21-11-8-16(25)14-20(21)26/h2-11,14,30H,12-13H2,1H3. The lowest BCUT2D eigenvalue weighted by atomic mass is 9.92. The zero-order valence-corrected chi connectivity index (χ0v) is 18.2. The van der Waals surface area contributed by atoms with Gasteiger partial charge in [-0.1, -0.05) is 47.5 Å². The van der Waals surface area contributed by atoms with E-state index in [-0.39, 0.29) is 24.8 Å². The van der Waals surface area contributed by atoms with Crippen LogP contribution >= 0.6 is 23.2 Å². The number of fused-ring (bicyclic) bond motifs is 1. The number of ether oxygens (including phenoxy) is 1. The van der Waals surface area contributed by atoms with Crippen molar-refractivity contribution in [3.8, 4) is 11.5 Å². The van der Waals surface area contributed by atoms with Crippen LogP contribution in [0.4, 0.5) is 0 Å². The number of aliphatic hydroxyl groups is 1. The quantitative estimate of drug-likeness (QED) is 0.485. The molecule has 4 rings (SSSR count). The summed E-state index contributed by atoms with van der Waals surface area (Å²) in [5, 5.41) is 11.9. The molecule has 1 aliphatic heterocycles. The molecule has 5 nitrogen and oxygen atoms in total. The zero-order valence-electron chi connectivity index (χ0n) is 16.6. The van der Waals surface area contributed by atoms with E-state index in [0.29, 0.717) is 38.2 Å². The summed E-state index contributed by atoms with van der Waals surface area (Å²) >= 11 is 12.0. The Morgan fingerprint density at radius 2 is 1.55 bits per heavy atom. The van der Waals surface area contributed by atoms with Gasteiger partial charge in [-0.15, -0.1) is 0 Å². The highest BCUT2D eigenvalue weighted by atomic mass is 35.5. The molecule has 1 N–H and O–H groups in total. The highest BCUT2D eigenvalue weighted by Gasteiger charge is 2.36. The smallest absolute Gasteiger partial charge is 0.261 e. The number of nitrogens with zero attached hydrogens (tertiary/aromatic N) is 1. The second kappa shape index (κ2) is 8.35. The van der Waals surface area contributed by atoms with E-state index in [1.165, 1.54) is 4.90 Å². The normalized spacial score (nSPS) is 15.0. The van der Waals surface area contributed by atoms with Crippen LogP contribution in [0.15, 0.2) is 66.7 Å². The van der Waals surface area contributed by atoms with Gasteiger partial charge in [0.25, 0.3) is 11.8 Å². The second-order valence-electron chi connectivity index (χ2n) is 7.53. The number of carbonyl (C=O) groups excluding carboxylic acids is 2. The van der Waals surface area contributed by atoms with E-state index in [1.54, 1.807) is 73.7 Å². The first-order valence-electron chi connectivity index (χ1n) is 9.67. The molecule has 7 heteroatoms. The minimum Gasteiger partial charge on any atom is -0.456 e. The Balaban J connectivity index is 1.43. The molecule has 0 fully saturated rings. The molecule has 2 amide bonds. The van der Waals surface area contributed by atoms with Crippen LogP contribution in [-0.4, -0.2) is 28.4 Å². The Morgan fingerprint density at radius 1 is 0.935 bits per heavy atom. The van der Waals surface area contributed by atoms with Crippen LogP contribution < -0.4 is 4.74 Å². The van der Waals surface area contributed by atoms with Crippen molar-refractivity contribution in [2.75, 3.05) is 6.54 Å². The first kappa shape index (κ1) is 21.4. The van der Waals surface area contributed by atoms with Gasteiger partial charge in [-0.05, 0) is 61.4 Å². The fourth-order valence-corrected chi connectivity index (χ4v) is 3.93. The average Bonchev–Trinajstić information content (AvgIpc) is 2.99. The van der Waals surface area contributed by atoms with E-state index in [9.17, 15) is 14.7 Å². The SMILES string of the molecule is CC(O)(CCN1C(=O)c2ccccc2C1=O)c1ccc(Oc2ccc(Cl)cc2Cl)cc1. The van der Waals surface area contributed by atoms with Gasteiger partial charge >= 0.3 is 0 Å². The molecule has 1 atom stereocenters. The molecule has 0 saturated heterocycles. The summed E-state index contributed by atoms with van der Waals surface area (Å²) in [6, 6.07) is 18.6. The Morgan fingerprint density at radius 3 is 2.13 bits per heavy atom. The van der Waals surface area contributed by atoms with Crippen LogP contribution in [0.25, 0.3) is 0 Å². The lowest BCUT2D eigenvalue weighted by Gasteiger charge is -2.26. The van der Waals surface area contributed by atoms with Crippen LogP contribution in [0.2, 0.25) is 10.0 Å². The van der Waals surface area contributed by atoms with E-state index in [4.69, 9.17) is 27.9 Å². The van der Waals surface area contributed by atoms with Crippen molar-refractivity contribution in [2.45, 2.75) is 18.9 Å². The average molecular weight is 456 g/mol. The largest absolute Gasteiger partial charge is 0.456 e. The molecule has 0 spiro atoms. The number of hydrogen-bond acceptors (Lipinski definition) is 4. The molecule has 1 aliphatic rings. The highest BCUT2D eigenvalue weighted by molar-refractivity contribution is 6.35. The van der Waals surface area contributed by atoms with Crippen molar-refractivity contribution in [1.82, 2.24) is 4.90 Å². The van der Waals surface area contributed by atoms with Crippen molar-refractivity contribution >= 4 is 35.0 Å². The number of benzene rings is 3. The van der Waals surface area contributed by atoms with Crippen LogP contribution in [0.3, 0.4) is 0 Å². The van der Waals surface area contributed by atoms with E-state index >= 15 is 0 Å². The van der Waals surface area contributed by atoms with Gasteiger partial charge in [-0.25, -0.2) is 0 Å². The van der Waals surface area contributed by atoms with Crippen molar-refractivity contribution in [1.29, 1.82) is 0 Å². The number of rotatable bonds is 6. The molecule has 0 bridgehead atoms. The molecular weight excluding hydrogens is 437 g/mol. The van der Waals surface area contributed by atoms with Crippen LogP contribution in [0.1, 0.15) is 39.6 Å². The fourth-order valence-electron chi connectivity index (χ4n) is 3.48. The van der Waals surface area contributed by atoms with Gasteiger partial charge in [-0.2, -0.15) is 0 Å². The summed E-state index contributed by atoms with van der Waals surface area (Å²) in [4.78, 5) is 26.2. The predicted octanol–water partition coefficient (Wildman–Crippen LogP) is 5.68. The first-order valence-corrected chi connectivity index (χ1v) is 10.4. The minimum atomic E-state index is -1.24. The summed E-state index contributed by atoms with van der Waals surface area (Å²) < 4.78 is 5.77. The summed E-state index contributed by atoms with van der Waals surface area (Å²) in [7, 11) is 0. The number of halogens is 2. The van der Waals surface area contributed by atoms with Crippen LogP contribution in [0.5, 0.6) is 11.5 Å². The third-order valence-corrected chi connectivity index (χ3v) is 5.83. The Kier molecular flexibility index (Phi) is 5.75. The minimum absolute atomic E-state index is 0.109. The monoisotopic (exact) mass is 455 g/mol. The Bertz CT molecular complexity index is 1120. The van der Waals surface area contributed by atoms with E-state index in [0.717, 1.165) is 0 Å².